The van der Waals surface area contributed by atoms with Crippen LogP contribution in [0.3, 0.4) is 0 Å². The summed E-state index contributed by atoms with van der Waals surface area (Å²) in [6.45, 7) is 7.18. The van der Waals surface area contributed by atoms with Gasteiger partial charge < -0.3 is 10.1 Å². The second kappa shape index (κ2) is 5.72. The number of hydrogen-bond donors (Lipinski definition) is 1. The van der Waals surface area contributed by atoms with E-state index in [0.29, 0.717) is 12.6 Å². The van der Waals surface area contributed by atoms with Gasteiger partial charge in [0.1, 0.15) is 5.01 Å². The summed E-state index contributed by atoms with van der Waals surface area (Å²) in [7, 11) is 1.72. The third-order valence-corrected chi connectivity index (χ3v) is 3.66. The van der Waals surface area contributed by atoms with Gasteiger partial charge in [-0.15, -0.1) is 11.3 Å². The Hall–Kier alpha value is -0.490. The summed E-state index contributed by atoms with van der Waals surface area (Å²) in [5, 5.41) is 4.64. The maximum Gasteiger partial charge on any atom is 0.107 e. The molecule has 1 atom stereocenters. The molecule has 1 aromatic heterocycles. The summed E-state index contributed by atoms with van der Waals surface area (Å²) >= 11 is 1.75. The molecule has 1 aliphatic heterocycles. The second-order valence-corrected chi connectivity index (χ2v) is 5.44. The first-order valence-electron chi connectivity index (χ1n) is 5.66. The van der Waals surface area contributed by atoms with Crippen LogP contribution in [0.25, 0.3) is 0 Å². The van der Waals surface area contributed by atoms with Crippen LogP contribution >= 0.6 is 11.3 Å². The zero-order valence-electron chi connectivity index (χ0n) is 9.90. The zero-order chi connectivity index (χ0) is 11.4. The van der Waals surface area contributed by atoms with Gasteiger partial charge in [0.05, 0.1) is 18.0 Å². The highest BCUT2D eigenvalue weighted by molar-refractivity contribution is 7.11. The lowest BCUT2D eigenvalue weighted by Gasteiger charge is -2.31. The molecule has 4 nitrogen and oxygen atoms in total. The summed E-state index contributed by atoms with van der Waals surface area (Å²) in [6, 6.07) is 0.590. The van der Waals surface area contributed by atoms with Crippen molar-refractivity contribution in [1.82, 2.24) is 15.2 Å². The smallest absolute Gasteiger partial charge is 0.107 e. The van der Waals surface area contributed by atoms with Crippen LogP contribution in [0.5, 0.6) is 0 Å². The minimum Gasteiger partial charge on any atom is -0.379 e. The topological polar surface area (TPSA) is 37.4 Å². The highest BCUT2D eigenvalue weighted by Gasteiger charge is 2.16. The molecule has 0 bridgehead atoms. The molecular formula is C11H19N3OS. The molecule has 90 valence electrons. The minimum absolute atomic E-state index is 0.590. The number of methoxy groups -OCH3 is 1. The molecule has 1 fully saturated rings. The lowest BCUT2D eigenvalue weighted by atomic mass is 10.2. The zero-order valence-corrected chi connectivity index (χ0v) is 10.7. The number of piperazine rings is 1. The third-order valence-electron chi connectivity index (χ3n) is 2.70. The molecule has 5 heteroatoms. The lowest BCUT2D eigenvalue weighted by Crippen LogP contribution is -2.48. The standard InChI is InChI=1S/C11H19N3OS/c1-9-6-14(4-3-12-9)7-11-13-5-10(16-11)8-15-2/h5,9,12H,3-4,6-8H2,1-2H3/t9-/m1/s1. The predicted octanol–water partition coefficient (Wildman–Crippen LogP) is 1.08. The first-order valence-corrected chi connectivity index (χ1v) is 6.48. The second-order valence-electron chi connectivity index (χ2n) is 4.24. The van der Waals surface area contributed by atoms with E-state index in [-0.39, 0.29) is 0 Å². The van der Waals surface area contributed by atoms with E-state index in [2.05, 4.69) is 22.1 Å². The van der Waals surface area contributed by atoms with Gasteiger partial charge in [-0.25, -0.2) is 4.98 Å². The van der Waals surface area contributed by atoms with Crippen LogP contribution < -0.4 is 5.32 Å². The fraction of sp³-hybridized carbons (Fsp3) is 0.727. The maximum atomic E-state index is 5.10. The quantitative estimate of drug-likeness (QED) is 0.856. The Morgan fingerprint density at radius 1 is 1.69 bits per heavy atom. The highest BCUT2D eigenvalue weighted by atomic mass is 32.1. The van der Waals surface area contributed by atoms with Crippen LogP contribution in [0.15, 0.2) is 6.20 Å². The van der Waals surface area contributed by atoms with E-state index in [0.717, 1.165) is 26.2 Å². The average Bonchev–Trinajstić information content (AvgIpc) is 2.66. The van der Waals surface area contributed by atoms with Crippen LogP contribution in [0.2, 0.25) is 0 Å². The van der Waals surface area contributed by atoms with Gasteiger partial charge in [0.25, 0.3) is 0 Å². The molecule has 0 radical (unpaired) electrons. The first kappa shape index (κ1) is 12.0. The van der Waals surface area contributed by atoms with E-state index in [1.807, 2.05) is 6.20 Å². The Kier molecular flexibility index (Phi) is 4.29. The average molecular weight is 241 g/mol. The molecule has 0 spiro atoms. The molecule has 2 rings (SSSR count). The number of hydrogen-bond acceptors (Lipinski definition) is 5. The summed E-state index contributed by atoms with van der Waals surface area (Å²) in [5.74, 6) is 0. The van der Waals surface area contributed by atoms with Crippen LogP contribution in [0, 0.1) is 0 Å². The Bertz CT molecular complexity index is 329. The fourth-order valence-corrected chi connectivity index (χ4v) is 2.91. The van der Waals surface area contributed by atoms with Crippen molar-refractivity contribution in [3.8, 4) is 0 Å². The molecule has 1 saturated heterocycles. The highest BCUT2D eigenvalue weighted by Crippen LogP contribution is 2.16. The largest absolute Gasteiger partial charge is 0.379 e. The van der Waals surface area contributed by atoms with Gasteiger partial charge in [0.2, 0.25) is 0 Å². The van der Waals surface area contributed by atoms with E-state index >= 15 is 0 Å². The van der Waals surface area contributed by atoms with Gasteiger partial charge in [-0.05, 0) is 6.92 Å². The molecule has 0 unspecified atom stereocenters. The number of ether oxygens (including phenoxy) is 1. The maximum absolute atomic E-state index is 5.10. The van der Waals surface area contributed by atoms with Gasteiger partial charge >= 0.3 is 0 Å². The lowest BCUT2D eigenvalue weighted by molar-refractivity contribution is 0.187. The third kappa shape index (κ3) is 3.25. The van der Waals surface area contributed by atoms with Crippen molar-refractivity contribution in [2.24, 2.45) is 0 Å². The van der Waals surface area contributed by atoms with Crippen molar-refractivity contribution in [3.05, 3.63) is 16.1 Å². The van der Waals surface area contributed by atoms with E-state index in [1.165, 1.54) is 9.88 Å². The fourth-order valence-electron chi connectivity index (χ4n) is 1.98. The molecule has 2 heterocycles. The van der Waals surface area contributed by atoms with Crippen molar-refractivity contribution in [2.45, 2.75) is 26.1 Å². The van der Waals surface area contributed by atoms with Crippen molar-refractivity contribution in [3.63, 3.8) is 0 Å². The van der Waals surface area contributed by atoms with Gasteiger partial charge in [-0.2, -0.15) is 0 Å². The number of nitrogens with one attached hydrogen (secondary N) is 1. The Morgan fingerprint density at radius 3 is 3.31 bits per heavy atom. The first-order chi connectivity index (χ1) is 7.78. The van der Waals surface area contributed by atoms with E-state index in [9.17, 15) is 0 Å². The van der Waals surface area contributed by atoms with E-state index in [1.54, 1.807) is 18.4 Å². The predicted molar refractivity (Wildman–Crippen MR) is 65.6 cm³/mol. The molecule has 0 aliphatic carbocycles. The monoisotopic (exact) mass is 241 g/mol. The van der Waals surface area contributed by atoms with E-state index < -0.39 is 0 Å². The van der Waals surface area contributed by atoms with Crippen molar-refractivity contribution >= 4 is 11.3 Å². The summed E-state index contributed by atoms with van der Waals surface area (Å²) in [4.78, 5) is 8.09. The number of rotatable bonds is 4. The SMILES string of the molecule is COCc1cnc(CN2CCN[C@H](C)C2)s1. The van der Waals surface area contributed by atoms with Crippen LogP contribution in [0.4, 0.5) is 0 Å². The van der Waals surface area contributed by atoms with Crippen molar-refractivity contribution in [1.29, 1.82) is 0 Å². The molecule has 0 saturated carbocycles. The van der Waals surface area contributed by atoms with Gasteiger partial charge in [0, 0.05) is 39.0 Å². The van der Waals surface area contributed by atoms with Crippen LogP contribution in [-0.4, -0.2) is 42.7 Å². The van der Waals surface area contributed by atoms with Crippen LogP contribution in [0.1, 0.15) is 16.8 Å². The van der Waals surface area contributed by atoms with Gasteiger partial charge in [-0.3, -0.25) is 4.90 Å². The Morgan fingerprint density at radius 2 is 2.56 bits per heavy atom. The molecule has 0 amide bonds. The van der Waals surface area contributed by atoms with Gasteiger partial charge in [-0.1, -0.05) is 0 Å². The van der Waals surface area contributed by atoms with Crippen LogP contribution in [-0.2, 0) is 17.9 Å². The number of nitrogens with zero attached hydrogens (tertiary/aromatic N) is 2. The number of thiazole rings is 1. The molecule has 1 aliphatic rings. The minimum atomic E-state index is 0.590. The molecule has 1 aromatic rings. The van der Waals surface area contributed by atoms with Gasteiger partial charge in [0.15, 0.2) is 0 Å². The molecular weight excluding hydrogens is 222 g/mol. The Balaban J connectivity index is 1.87. The summed E-state index contributed by atoms with van der Waals surface area (Å²) in [6.07, 6.45) is 1.93. The molecule has 16 heavy (non-hydrogen) atoms. The molecule has 1 N–H and O–H groups in total. The van der Waals surface area contributed by atoms with Crippen molar-refractivity contribution < 1.29 is 4.74 Å². The van der Waals surface area contributed by atoms with E-state index in [4.69, 9.17) is 4.74 Å². The Labute approximate surface area is 101 Å². The summed E-state index contributed by atoms with van der Waals surface area (Å²) in [5.41, 5.74) is 0. The molecule has 0 aromatic carbocycles. The number of aromatic nitrogens is 1. The van der Waals surface area contributed by atoms with Crippen molar-refractivity contribution in [2.75, 3.05) is 26.7 Å². The normalized spacial score (nSPS) is 22.5. The summed E-state index contributed by atoms with van der Waals surface area (Å²) < 4.78 is 5.10.